The Bertz CT molecular complexity index is 930. The van der Waals surface area contributed by atoms with Crippen LogP contribution in [0.1, 0.15) is 27.3 Å². The van der Waals surface area contributed by atoms with Gasteiger partial charge in [-0.25, -0.2) is 4.98 Å². The highest BCUT2D eigenvalue weighted by Gasteiger charge is 2.26. The third-order valence-corrected chi connectivity index (χ3v) is 4.63. The van der Waals surface area contributed by atoms with Crippen molar-refractivity contribution in [2.75, 3.05) is 13.7 Å². The van der Waals surface area contributed by atoms with E-state index < -0.39 is 0 Å². The zero-order valence-electron chi connectivity index (χ0n) is 13.8. The van der Waals surface area contributed by atoms with Gasteiger partial charge in [-0.1, -0.05) is 24.3 Å². The van der Waals surface area contributed by atoms with Gasteiger partial charge in [0, 0.05) is 19.3 Å². The summed E-state index contributed by atoms with van der Waals surface area (Å²) in [6.45, 7) is 3.25. The van der Waals surface area contributed by atoms with E-state index in [9.17, 15) is 4.79 Å². The number of fused-ring (bicyclic) bond motifs is 2. The molecule has 1 aliphatic heterocycles. The van der Waals surface area contributed by atoms with Gasteiger partial charge in [-0.15, -0.1) is 0 Å². The number of carbonyl (C=O) groups excluding carboxylic acids is 1. The van der Waals surface area contributed by atoms with E-state index >= 15 is 0 Å². The van der Waals surface area contributed by atoms with Crippen LogP contribution in [0.2, 0.25) is 0 Å². The van der Waals surface area contributed by atoms with Crippen LogP contribution in [0.5, 0.6) is 5.75 Å². The molecule has 4 rings (SSSR count). The normalized spacial score (nSPS) is 13.8. The molecule has 0 spiro atoms. The number of pyridine rings is 1. The van der Waals surface area contributed by atoms with Crippen molar-refractivity contribution in [1.29, 1.82) is 0 Å². The van der Waals surface area contributed by atoms with Crippen LogP contribution in [0, 0.1) is 6.92 Å². The Morgan fingerprint density at radius 2 is 1.96 bits per heavy atom. The minimum absolute atomic E-state index is 0.0164. The second-order valence-electron chi connectivity index (χ2n) is 6.06. The van der Waals surface area contributed by atoms with Crippen molar-refractivity contribution in [3.8, 4) is 5.75 Å². The van der Waals surface area contributed by atoms with Crippen molar-refractivity contribution in [2.24, 2.45) is 0 Å². The van der Waals surface area contributed by atoms with E-state index in [4.69, 9.17) is 4.74 Å². The lowest BCUT2D eigenvalue weighted by atomic mass is 9.99. The highest BCUT2D eigenvalue weighted by Crippen LogP contribution is 2.25. The third kappa shape index (κ3) is 2.24. The van der Waals surface area contributed by atoms with Crippen LogP contribution in [0.15, 0.2) is 42.6 Å². The van der Waals surface area contributed by atoms with Gasteiger partial charge in [0.25, 0.3) is 5.91 Å². The minimum atomic E-state index is 0.0164. The van der Waals surface area contributed by atoms with E-state index in [0.717, 1.165) is 18.7 Å². The first-order valence-electron chi connectivity index (χ1n) is 8.06. The number of hydrogen-bond acceptors (Lipinski definition) is 3. The Morgan fingerprint density at radius 3 is 2.75 bits per heavy atom. The Kier molecular flexibility index (Phi) is 3.49. The molecule has 0 N–H and O–H groups in total. The molecular weight excluding hydrogens is 302 g/mol. The molecule has 5 nitrogen and oxygen atoms in total. The van der Waals surface area contributed by atoms with Gasteiger partial charge < -0.3 is 9.64 Å². The molecule has 0 radical (unpaired) electrons. The largest absolute Gasteiger partial charge is 0.493 e. The molecule has 24 heavy (non-hydrogen) atoms. The average molecular weight is 321 g/mol. The molecule has 1 aliphatic rings. The summed E-state index contributed by atoms with van der Waals surface area (Å²) in [6, 6.07) is 12.0. The maximum absolute atomic E-state index is 13.1. The molecule has 0 atom stereocenters. The lowest BCUT2D eigenvalue weighted by molar-refractivity contribution is 0.0727. The van der Waals surface area contributed by atoms with E-state index in [-0.39, 0.29) is 5.91 Å². The van der Waals surface area contributed by atoms with E-state index in [2.05, 4.69) is 23.2 Å². The Hall–Kier alpha value is -2.82. The number of hydrogen-bond donors (Lipinski definition) is 0. The summed E-state index contributed by atoms with van der Waals surface area (Å²) in [7, 11) is 1.61. The molecule has 3 heterocycles. The van der Waals surface area contributed by atoms with Crippen molar-refractivity contribution < 1.29 is 9.53 Å². The van der Waals surface area contributed by atoms with Crippen molar-refractivity contribution >= 4 is 11.6 Å². The van der Waals surface area contributed by atoms with Crippen LogP contribution in [-0.4, -0.2) is 33.8 Å². The number of ether oxygens (including phenoxy) is 1. The summed E-state index contributed by atoms with van der Waals surface area (Å²) in [4.78, 5) is 19.6. The molecule has 0 saturated heterocycles. The maximum Gasteiger partial charge on any atom is 0.273 e. The fourth-order valence-corrected chi connectivity index (χ4v) is 3.39. The summed E-state index contributed by atoms with van der Waals surface area (Å²) < 4.78 is 7.19. The zero-order valence-corrected chi connectivity index (χ0v) is 13.8. The van der Waals surface area contributed by atoms with Crippen LogP contribution < -0.4 is 4.74 Å². The highest BCUT2D eigenvalue weighted by atomic mass is 16.5. The molecule has 0 fully saturated rings. The molecule has 3 aromatic rings. The van der Waals surface area contributed by atoms with Crippen molar-refractivity contribution in [1.82, 2.24) is 14.3 Å². The number of rotatable bonds is 2. The zero-order chi connectivity index (χ0) is 16.7. The predicted molar refractivity (Wildman–Crippen MR) is 91.4 cm³/mol. The van der Waals surface area contributed by atoms with Gasteiger partial charge >= 0.3 is 0 Å². The number of nitrogens with zero attached hydrogens (tertiary/aromatic N) is 3. The number of amides is 1. The average Bonchev–Trinajstić information content (AvgIpc) is 2.96. The summed E-state index contributed by atoms with van der Waals surface area (Å²) in [6.07, 6.45) is 2.75. The van der Waals surface area contributed by atoms with Crippen LogP contribution in [-0.2, 0) is 13.0 Å². The molecule has 1 aromatic carbocycles. The summed E-state index contributed by atoms with van der Waals surface area (Å²) in [5.74, 6) is 0.686. The van der Waals surface area contributed by atoms with Gasteiger partial charge in [-0.05, 0) is 36.6 Å². The highest BCUT2D eigenvalue weighted by molar-refractivity contribution is 5.95. The number of aryl methyl sites for hydroxylation is 1. The first kappa shape index (κ1) is 14.8. The Labute approximate surface area is 140 Å². The van der Waals surface area contributed by atoms with E-state index in [1.165, 1.54) is 11.1 Å². The quantitative estimate of drug-likeness (QED) is 0.729. The van der Waals surface area contributed by atoms with Gasteiger partial charge in [0.2, 0.25) is 0 Å². The van der Waals surface area contributed by atoms with Gasteiger partial charge in [0.05, 0.1) is 12.8 Å². The Morgan fingerprint density at radius 1 is 1.17 bits per heavy atom. The molecule has 0 aliphatic carbocycles. The lowest BCUT2D eigenvalue weighted by Crippen LogP contribution is -2.36. The van der Waals surface area contributed by atoms with Gasteiger partial charge in [-0.3, -0.25) is 9.20 Å². The molecule has 0 bridgehead atoms. The van der Waals surface area contributed by atoms with E-state index in [1.54, 1.807) is 7.11 Å². The number of methoxy groups -OCH3 is 1. The Balaban J connectivity index is 1.73. The van der Waals surface area contributed by atoms with Crippen LogP contribution in [0.25, 0.3) is 5.65 Å². The fourth-order valence-electron chi connectivity index (χ4n) is 3.39. The van der Waals surface area contributed by atoms with Gasteiger partial charge in [0.1, 0.15) is 5.69 Å². The standard InChI is InChI=1S/C19H19N3O2/c1-13-17(22-10-5-8-16(24-2)18(22)20-13)19(23)21-11-9-14-6-3-4-7-15(14)12-21/h3-8,10H,9,11-12H2,1-2H3. The molecule has 2 aromatic heterocycles. The second kappa shape index (κ2) is 5.67. The first-order chi connectivity index (χ1) is 11.7. The number of imidazole rings is 1. The number of aromatic nitrogens is 2. The topological polar surface area (TPSA) is 46.8 Å². The SMILES string of the molecule is COc1cccn2c(C(=O)N3CCc4ccccc4C3)c(C)nc12. The molecule has 5 heteroatoms. The molecule has 0 saturated carbocycles. The van der Waals surface area contributed by atoms with Crippen molar-refractivity contribution in [3.05, 3.63) is 65.1 Å². The van der Waals surface area contributed by atoms with Crippen molar-refractivity contribution in [2.45, 2.75) is 19.9 Å². The third-order valence-electron chi connectivity index (χ3n) is 4.63. The molecule has 0 unspecified atom stereocenters. The van der Waals surface area contributed by atoms with Crippen LogP contribution in [0.3, 0.4) is 0 Å². The van der Waals surface area contributed by atoms with Crippen LogP contribution >= 0.6 is 0 Å². The fraction of sp³-hybridized carbons (Fsp3) is 0.263. The van der Waals surface area contributed by atoms with E-state index in [1.807, 2.05) is 40.6 Å². The molecule has 122 valence electrons. The minimum Gasteiger partial charge on any atom is -0.493 e. The lowest BCUT2D eigenvalue weighted by Gasteiger charge is -2.28. The molecular formula is C19H19N3O2. The first-order valence-corrected chi connectivity index (χ1v) is 8.06. The summed E-state index contributed by atoms with van der Waals surface area (Å²) >= 11 is 0. The van der Waals surface area contributed by atoms with Gasteiger partial charge in [0.15, 0.2) is 11.4 Å². The smallest absolute Gasteiger partial charge is 0.273 e. The molecule has 1 amide bonds. The van der Waals surface area contributed by atoms with Crippen LogP contribution in [0.4, 0.5) is 0 Å². The summed E-state index contributed by atoms with van der Waals surface area (Å²) in [5.41, 5.74) is 4.57. The second-order valence-corrected chi connectivity index (χ2v) is 6.06. The maximum atomic E-state index is 13.1. The number of carbonyl (C=O) groups is 1. The van der Waals surface area contributed by atoms with E-state index in [0.29, 0.717) is 23.6 Å². The monoisotopic (exact) mass is 321 g/mol. The van der Waals surface area contributed by atoms with Gasteiger partial charge in [-0.2, -0.15) is 0 Å². The van der Waals surface area contributed by atoms with Crippen molar-refractivity contribution in [3.63, 3.8) is 0 Å². The number of benzene rings is 1. The summed E-state index contributed by atoms with van der Waals surface area (Å²) in [5, 5.41) is 0. The predicted octanol–water partition coefficient (Wildman–Crippen LogP) is 2.85.